The molecule has 0 heterocycles. The Hall–Kier alpha value is -1.13. The Morgan fingerprint density at radius 1 is 1.37 bits per heavy atom. The largest absolute Gasteiger partial charge is 0.392 e. The minimum Gasteiger partial charge on any atom is -0.392 e. The molecule has 1 aromatic rings. The van der Waals surface area contributed by atoms with Gasteiger partial charge in [0.1, 0.15) is 5.82 Å². The molecule has 0 amide bonds. The van der Waals surface area contributed by atoms with Crippen molar-refractivity contribution >= 4 is 5.69 Å². The molecular weight excluding hydrogens is 243 g/mol. The normalized spacial score (nSPS) is 14.2. The Labute approximate surface area is 115 Å². The molecule has 0 aliphatic rings. The number of hydrogen-bond acceptors (Lipinski definition) is 3. The van der Waals surface area contributed by atoms with Crippen molar-refractivity contribution in [3.8, 4) is 0 Å². The van der Waals surface area contributed by atoms with Crippen LogP contribution in [0.4, 0.5) is 10.1 Å². The summed E-state index contributed by atoms with van der Waals surface area (Å²) in [5.41, 5.74) is 1.88. The van der Waals surface area contributed by atoms with Crippen molar-refractivity contribution in [2.45, 2.75) is 39.3 Å². The molecule has 4 heteroatoms. The highest BCUT2D eigenvalue weighted by Crippen LogP contribution is 2.26. The van der Waals surface area contributed by atoms with Gasteiger partial charge >= 0.3 is 0 Å². The molecule has 0 spiro atoms. The van der Waals surface area contributed by atoms with Crippen molar-refractivity contribution in [2.24, 2.45) is 0 Å². The first-order chi connectivity index (χ1) is 8.95. The minimum atomic E-state index is -0.415. The molecule has 0 saturated heterocycles. The quantitative estimate of drug-likeness (QED) is 0.798. The predicted molar refractivity (Wildman–Crippen MR) is 78.1 cm³/mol. The summed E-state index contributed by atoms with van der Waals surface area (Å²) >= 11 is 0. The second-order valence-electron chi connectivity index (χ2n) is 5.11. The zero-order valence-electron chi connectivity index (χ0n) is 12.3. The molecule has 0 aromatic heterocycles. The van der Waals surface area contributed by atoms with Crippen LogP contribution in [0.3, 0.4) is 0 Å². The number of nitrogens with zero attached hydrogens (tertiary/aromatic N) is 1. The molecule has 0 bridgehead atoms. The van der Waals surface area contributed by atoms with Crippen LogP contribution in [-0.2, 0) is 0 Å². The second kappa shape index (κ2) is 7.46. The van der Waals surface area contributed by atoms with Gasteiger partial charge in [0.25, 0.3) is 0 Å². The SMILES string of the molecule is CCCNC(C)c1cc(F)ccc1N(C)CC(C)O. The third kappa shape index (κ3) is 4.80. The zero-order chi connectivity index (χ0) is 14.4. The summed E-state index contributed by atoms with van der Waals surface area (Å²) in [6, 6.07) is 4.89. The third-order valence-electron chi connectivity index (χ3n) is 3.11. The Morgan fingerprint density at radius 3 is 2.63 bits per heavy atom. The van der Waals surface area contributed by atoms with Crippen LogP contribution < -0.4 is 10.2 Å². The number of hydrogen-bond donors (Lipinski definition) is 2. The molecular formula is C15H25FN2O. The maximum atomic E-state index is 13.5. The Morgan fingerprint density at radius 2 is 2.05 bits per heavy atom. The van der Waals surface area contributed by atoms with Crippen LogP contribution in [0.25, 0.3) is 0 Å². The fraction of sp³-hybridized carbons (Fsp3) is 0.600. The highest BCUT2D eigenvalue weighted by molar-refractivity contribution is 5.54. The minimum absolute atomic E-state index is 0.0853. The maximum Gasteiger partial charge on any atom is 0.123 e. The smallest absolute Gasteiger partial charge is 0.123 e. The second-order valence-corrected chi connectivity index (χ2v) is 5.11. The van der Waals surface area contributed by atoms with Gasteiger partial charge in [-0.2, -0.15) is 0 Å². The highest BCUT2D eigenvalue weighted by Gasteiger charge is 2.15. The van der Waals surface area contributed by atoms with Crippen molar-refractivity contribution in [3.05, 3.63) is 29.6 Å². The van der Waals surface area contributed by atoms with E-state index in [0.717, 1.165) is 24.2 Å². The number of benzene rings is 1. The Kier molecular flexibility index (Phi) is 6.25. The van der Waals surface area contributed by atoms with E-state index in [1.54, 1.807) is 19.1 Å². The van der Waals surface area contributed by atoms with E-state index >= 15 is 0 Å². The molecule has 0 saturated carbocycles. The van der Waals surface area contributed by atoms with E-state index in [-0.39, 0.29) is 11.9 Å². The van der Waals surface area contributed by atoms with Gasteiger partial charge in [0.15, 0.2) is 0 Å². The first-order valence-corrected chi connectivity index (χ1v) is 6.87. The van der Waals surface area contributed by atoms with Gasteiger partial charge in [0.2, 0.25) is 0 Å². The van der Waals surface area contributed by atoms with Gasteiger partial charge in [-0.3, -0.25) is 0 Å². The van der Waals surface area contributed by atoms with E-state index in [0.29, 0.717) is 6.54 Å². The van der Waals surface area contributed by atoms with Gasteiger partial charge < -0.3 is 15.3 Å². The molecule has 19 heavy (non-hydrogen) atoms. The van der Waals surface area contributed by atoms with Crippen LogP contribution in [0.1, 0.15) is 38.8 Å². The van der Waals surface area contributed by atoms with Crippen LogP contribution >= 0.6 is 0 Å². The molecule has 3 nitrogen and oxygen atoms in total. The summed E-state index contributed by atoms with van der Waals surface area (Å²) in [6.45, 7) is 7.31. The van der Waals surface area contributed by atoms with E-state index in [1.165, 1.54) is 6.07 Å². The monoisotopic (exact) mass is 268 g/mol. The molecule has 0 fully saturated rings. The summed E-state index contributed by atoms with van der Waals surface area (Å²) in [5, 5.41) is 12.8. The zero-order valence-corrected chi connectivity index (χ0v) is 12.3. The van der Waals surface area contributed by atoms with Crippen molar-refractivity contribution in [1.29, 1.82) is 0 Å². The van der Waals surface area contributed by atoms with Crippen LogP contribution in [0.2, 0.25) is 0 Å². The summed E-state index contributed by atoms with van der Waals surface area (Å²) in [7, 11) is 1.91. The highest BCUT2D eigenvalue weighted by atomic mass is 19.1. The van der Waals surface area contributed by atoms with E-state index in [2.05, 4.69) is 12.2 Å². The van der Waals surface area contributed by atoms with Gasteiger partial charge in [0.05, 0.1) is 6.10 Å². The number of halogens is 1. The fourth-order valence-electron chi connectivity index (χ4n) is 2.19. The number of nitrogens with one attached hydrogen (secondary N) is 1. The van der Waals surface area contributed by atoms with Gasteiger partial charge in [-0.25, -0.2) is 4.39 Å². The molecule has 108 valence electrons. The van der Waals surface area contributed by atoms with Crippen molar-refractivity contribution in [2.75, 3.05) is 25.0 Å². The van der Waals surface area contributed by atoms with Crippen molar-refractivity contribution in [1.82, 2.24) is 5.32 Å². The standard InChI is InChI=1S/C15H25FN2O/c1-5-8-17-12(3)14-9-13(16)6-7-15(14)18(4)10-11(2)19/h6-7,9,11-12,17,19H,5,8,10H2,1-4H3. The first-order valence-electron chi connectivity index (χ1n) is 6.87. The average molecular weight is 268 g/mol. The summed E-state index contributed by atoms with van der Waals surface area (Å²) in [6.07, 6.45) is 0.625. The van der Waals surface area contributed by atoms with Crippen LogP contribution in [0.15, 0.2) is 18.2 Å². The maximum absolute atomic E-state index is 13.5. The average Bonchev–Trinajstić information content (AvgIpc) is 2.34. The fourth-order valence-corrected chi connectivity index (χ4v) is 2.19. The Balaban J connectivity index is 2.96. The lowest BCUT2D eigenvalue weighted by Crippen LogP contribution is -2.29. The van der Waals surface area contributed by atoms with E-state index in [1.807, 2.05) is 18.9 Å². The summed E-state index contributed by atoms with van der Waals surface area (Å²) < 4.78 is 13.5. The van der Waals surface area contributed by atoms with Crippen LogP contribution in [-0.4, -0.2) is 31.3 Å². The van der Waals surface area contributed by atoms with Crippen LogP contribution in [0, 0.1) is 5.82 Å². The Bertz CT molecular complexity index is 396. The topological polar surface area (TPSA) is 35.5 Å². The lowest BCUT2D eigenvalue weighted by atomic mass is 10.0. The molecule has 0 aliphatic carbocycles. The van der Waals surface area contributed by atoms with Gasteiger partial charge in [-0.05, 0) is 50.6 Å². The molecule has 2 atom stereocenters. The van der Waals surface area contributed by atoms with Crippen LogP contribution in [0.5, 0.6) is 0 Å². The van der Waals surface area contributed by atoms with Gasteiger partial charge in [-0.15, -0.1) is 0 Å². The molecule has 1 rings (SSSR count). The summed E-state index contributed by atoms with van der Waals surface area (Å²) in [4.78, 5) is 1.96. The van der Waals surface area contributed by atoms with Gasteiger partial charge in [0, 0.05) is 25.3 Å². The molecule has 0 aliphatic heterocycles. The molecule has 2 N–H and O–H groups in total. The lowest BCUT2D eigenvalue weighted by molar-refractivity contribution is 0.201. The molecule has 2 unspecified atom stereocenters. The number of rotatable bonds is 7. The number of anilines is 1. The summed E-state index contributed by atoms with van der Waals surface area (Å²) in [5.74, 6) is -0.227. The van der Waals surface area contributed by atoms with Gasteiger partial charge in [-0.1, -0.05) is 6.92 Å². The van der Waals surface area contributed by atoms with E-state index < -0.39 is 6.10 Å². The predicted octanol–water partition coefficient (Wildman–Crippen LogP) is 2.70. The first kappa shape index (κ1) is 15.9. The van der Waals surface area contributed by atoms with Crippen molar-refractivity contribution in [3.63, 3.8) is 0 Å². The number of aliphatic hydroxyl groups excluding tert-OH is 1. The van der Waals surface area contributed by atoms with E-state index in [9.17, 15) is 9.50 Å². The number of aliphatic hydroxyl groups is 1. The lowest BCUT2D eigenvalue weighted by Gasteiger charge is -2.26. The van der Waals surface area contributed by atoms with Crippen molar-refractivity contribution < 1.29 is 9.50 Å². The molecule has 0 radical (unpaired) electrons. The molecule has 1 aromatic carbocycles. The third-order valence-corrected chi connectivity index (χ3v) is 3.11. The number of likely N-dealkylation sites (N-methyl/N-ethyl adjacent to an activating group) is 1. The van der Waals surface area contributed by atoms with E-state index in [4.69, 9.17) is 0 Å².